The molecule has 153 valence electrons. The zero-order chi connectivity index (χ0) is 19.4. The molecule has 4 N–H and O–H groups in total. The molecule has 0 aliphatic carbocycles. The minimum Gasteiger partial charge on any atom is -0.391 e. The Kier molecular flexibility index (Phi) is 15.8. The van der Waals surface area contributed by atoms with Crippen LogP contribution in [0.2, 0.25) is 0 Å². The summed E-state index contributed by atoms with van der Waals surface area (Å²) in [4.78, 5) is 25.4. The van der Waals surface area contributed by atoms with Gasteiger partial charge in [-0.2, -0.15) is 5.10 Å². The number of urea groups is 1. The van der Waals surface area contributed by atoms with E-state index < -0.39 is 18.2 Å². The number of aliphatic hydroxyl groups excluding tert-OH is 1. The van der Waals surface area contributed by atoms with Crippen molar-refractivity contribution in [3.63, 3.8) is 0 Å². The Bertz CT molecular complexity index is 462. The van der Waals surface area contributed by atoms with E-state index in [-0.39, 0.29) is 55.8 Å². The van der Waals surface area contributed by atoms with E-state index in [1.54, 1.807) is 0 Å². The number of hydrogen-bond acceptors (Lipinski definition) is 5. The maximum atomic E-state index is 12.8. The van der Waals surface area contributed by atoms with E-state index in [9.17, 15) is 14.7 Å². The molecule has 1 radical (unpaired) electrons. The van der Waals surface area contributed by atoms with Gasteiger partial charge in [-0.3, -0.25) is 9.69 Å². The van der Waals surface area contributed by atoms with Gasteiger partial charge in [-0.25, -0.2) is 10.2 Å². The van der Waals surface area contributed by atoms with E-state index in [4.69, 9.17) is 5.73 Å². The molecule has 8 heteroatoms. The molecule has 1 saturated heterocycles. The molecule has 1 unspecified atom stereocenters. The maximum absolute atomic E-state index is 12.8. The molecule has 1 fully saturated rings. The molecule has 0 bridgehead atoms. The molecular formula is C19H36AcN4O3. The number of nitrogens with two attached hydrogens (primary N) is 1. The molecule has 1 aliphatic rings. The summed E-state index contributed by atoms with van der Waals surface area (Å²) in [6.45, 7) is 2.71. The van der Waals surface area contributed by atoms with Gasteiger partial charge in [0.15, 0.2) is 5.78 Å². The third-order valence-corrected chi connectivity index (χ3v) is 5.14. The standard InChI is InChI=1S/C19H36N4O3.Ac/c1-15(12-13-21-22-19(20)26)18(25)17-16(24)11-9-7-5-3-4-6-8-10-14-23(17)2;/h13,15,17-18,25H,3-12,14H2,1-2H3,(H3,20,22,26);/b21-13+;/t15-,17-,18?;/m1./s1. The van der Waals surface area contributed by atoms with Crippen molar-refractivity contribution in [1.82, 2.24) is 10.3 Å². The molecule has 0 spiro atoms. The minimum absolute atomic E-state index is 0. The van der Waals surface area contributed by atoms with E-state index in [1.807, 2.05) is 18.9 Å². The average molecular weight is 596 g/mol. The van der Waals surface area contributed by atoms with Crippen molar-refractivity contribution in [2.24, 2.45) is 16.8 Å². The number of carbonyl (C=O) groups excluding carboxylic acids is 2. The molecule has 0 aromatic carbocycles. The van der Waals surface area contributed by atoms with E-state index >= 15 is 0 Å². The second-order valence-corrected chi connectivity index (χ2v) is 7.46. The van der Waals surface area contributed by atoms with Gasteiger partial charge in [0.1, 0.15) is 0 Å². The fraction of sp³-hybridized carbons (Fsp3) is 0.842. The van der Waals surface area contributed by atoms with Crippen LogP contribution in [0, 0.1) is 50.0 Å². The van der Waals surface area contributed by atoms with Crippen molar-refractivity contribution < 1.29 is 58.8 Å². The Morgan fingerprint density at radius 1 is 1.26 bits per heavy atom. The predicted molar refractivity (Wildman–Crippen MR) is 104 cm³/mol. The molecule has 2 amide bonds. The smallest absolute Gasteiger partial charge is 0.332 e. The summed E-state index contributed by atoms with van der Waals surface area (Å²) < 4.78 is 0. The number of nitrogens with one attached hydrogen (secondary N) is 1. The maximum Gasteiger partial charge on any atom is 0.332 e. The van der Waals surface area contributed by atoms with Crippen LogP contribution in [-0.4, -0.2) is 53.8 Å². The first-order valence-electron chi connectivity index (χ1n) is 9.91. The largest absolute Gasteiger partial charge is 0.391 e. The van der Waals surface area contributed by atoms with Crippen LogP contribution in [0.5, 0.6) is 0 Å². The third kappa shape index (κ3) is 11.5. The van der Waals surface area contributed by atoms with Crippen LogP contribution in [0.15, 0.2) is 5.10 Å². The second kappa shape index (κ2) is 15.8. The fourth-order valence-electron chi connectivity index (χ4n) is 3.48. The molecule has 1 heterocycles. The summed E-state index contributed by atoms with van der Waals surface area (Å²) in [7, 11) is 1.93. The van der Waals surface area contributed by atoms with Crippen molar-refractivity contribution in [3.8, 4) is 0 Å². The average Bonchev–Trinajstić information content (AvgIpc) is 2.60. The Morgan fingerprint density at radius 3 is 2.41 bits per heavy atom. The molecule has 3 atom stereocenters. The normalized spacial score (nSPS) is 23.4. The number of hydrazone groups is 1. The van der Waals surface area contributed by atoms with Crippen LogP contribution in [0.1, 0.15) is 71.1 Å². The number of likely N-dealkylation sites (N-methyl/N-ethyl adjacent to an activating group) is 1. The zero-order valence-corrected chi connectivity index (χ0v) is 21.6. The van der Waals surface area contributed by atoms with Gasteiger partial charge in [-0.1, -0.05) is 45.4 Å². The van der Waals surface area contributed by atoms with Crippen LogP contribution < -0.4 is 11.2 Å². The van der Waals surface area contributed by atoms with Gasteiger partial charge in [0.25, 0.3) is 0 Å². The summed E-state index contributed by atoms with van der Waals surface area (Å²) in [5.74, 6) is -0.0289. The van der Waals surface area contributed by atoms with Gasteiger partial charge in [0, 0.05) is 56.7 Å². The van der Waals surface area contributed by atoms with Crippen LogP contribution in [0.25, 0.3) is 0 Å². The topological polar surface area (TPSA) is 108 Å². The summed E-state index contributed by atoms with van der Waals surface area (Å²) in [6, 6.07) is -1.21. The molecular weight excluding hydrogens is 559 g/mol. The van der Waals surface area contributed by atoms with Gasteiger partial charge in [0.05, 0.1) is 12.1 Å². The van der Waals surface area contributed by atoms with Crippen molar-refractivity contribution in [2.75, 3.05) is 13.6 Å². The van der Waals surface area contributed by atoms with Crippen molar-refractivity contribution in [2.45, 2.75) is 83.3 Å². The Morgan fingerprint density at radius 2 is 1.81 bits per heavy atom. The predicted octanol–water partition coefficient (Wildman–Crippen LogP) is 2.42. The Balaban J connectivity index is 0.00000676. The number of nitrogens with zero attached hydrogens (tertiary/aromatic N) is 2. The zero-order valence-electron chi connectivity index (χ0n) is 16.9. The second-order valence-electron chi connectivity index (χ2n) is 7.46. The number of hydrogen-bond donors (Lipinski definition) is 3. The summed E-state index contributed by atoms with van der Waals surface area (Å²) in [6.07, 6.45) is 10.9. The number of amides is 2. The van der Waals surface area contributed by atoms with E-state index in [2.05, 4.69) is 10.5 Å². The number of primary amides is 1. The number of Topliss-reactive ketones (excluding diaryl/α,β-unsaturated/α-hetero) is 1. The molecule has 0 saturated carbocycles. The van der Waals surface area contributed by atoms with Crippen LogP contribution in [0.3, 0.4) is 0 Å². The summed E-state index contributed by atoms with van der Waals surface area (Å²) in [5.41, 5.74) is 7.09. The molecule has 0 aromatic rings. The molecule has 1 aliphatic heterocycles. The molecule has 7 nitrogen and oxygen atoms in total. The first-order chi connectivity index (χ1) is 12.4. The monoisotopic (exact) mass is 595 g/mol. The van der Waals surface area contributed by atoms with Gasteiger partial charge < -0.3 is 10.8 Å². The Labute approximate surface area is 199 Å². The van der Waals surface area contributed by atoms with E-state index in [0.717, 1.165) is 25.8 Å². The summed E-state index contributed by atoms with van der Waals surface area (Å²) >= 11 is 0. The number of rotatable bonds is 5. The van der Waals surface area contributed by atoms with Gasteiger partial charge >= 0.3 is 6.03 Å². The first kappa shape index (κ1) is 27.0. The van der Waals surface area contributed by atoms with Gasteiger partial charge in [-0.15, -0.1) is 0 Å². The minimum atomic E-state index is -0.766. The van der Waals surface area contributed by atoms with Crippen molar-refractivity contribution >= 4 is 18.0 Å². The first-order valence-corrected chi connectivity index (χ1v) is 9.91. The van der Waals surface area contributed by atoms with E-state index in [1.165, 1.54) is 38.3 Å². The number of aliphatic hydroxyl groups is 1. The van der Waals surface area contributed by atoms with E-state index in [0.29, 0.717) is 12.8 Å². The third-order valence-electron chi connectivity index (χ3n) is 5.14. The van der Waals surface area contributed by atoms with Gasteiger partial charge in [0.2, 0.25) is 0 Å². The van der Waals surface area contributed by atoms with Crippen molar-refractivity contribution in [3.05, 3.63) is 0 Å². The molecule has 0 aromatic heterocycles. The van der Waals surface area contributed by atoms with Crippen molar-refractivity contribution in [1.29, 1.82) is 0 Å². The SMILES string of the molecule is C[C@H](C/C=N/NC(N)=O)C(O)[C@H]1C(=O)CCCCCCCCCCN1C.[Ac]. The quantitative estimate of drug-likeness (QED) is 0.335. The van der Waals surface area contributed by atoms with Crippen LogP contribution >= 0.6 is 0 Å². The number of ketones is 1. The summed E-state index contributed by atoms with van der Waals surface area (Å²) in [5, 5.41) is 14.5. The number of carbonyl (C=O) groups is 2. The molecule has 1 rings (SSSR count). The van der Waals surface area contributed by atoms with Crippen LogP contribution in [-0.2, 0) is 4.79 Å². The Hall–Kier alpha value is -0.0284. The van der Waals surface area contributed by atoms with Gasteiger partial charge in [-0.05, 0) is 38.8 Å². The van der Waals surface area contributed by atoms with Crippen LogP contribution in [0.4, 0.5) is 4.79 Å². The fourth-order valence-corrected chi connectivity index (χ4v) is 3.48. The molecule has 27 heavy (non-hydrogen) atoms.